The van der Waals surface area contributed by atoms with Gasteiger partial charge in [-0.1, -0.05) is 0 Å². The largest absolute Gasteiger partial charge is 0.394 e. The summed E-state index contributed by atoms with van der Waals surface area (Å²) in [4.78, 5) is 12.7. The zero-order chi connectivity index (χ0) is 12.3. The van der Waals surface area contributed by atoms with Gasteiger partial charge in [0.05, 0.1) is 12.1 Å². The molecule has 0 aliphatic heterocycles. The van der Waals surface area contributed by atoms with Crippen LogP contribution in [0.5, 0.6) is 0 Å². The number of aliphatic hydroxyl groups excluding tert-OH is 1. The number of aliphatic hydroxyl groups is 1. The van der Waals surface area contributed by atoms with Gasteiger partial charge in [-0.2, -0.15) is 0 Å². The van der Waals surface area contributed by atoms with Crippen molar-refractivity contribution in [2.75, 3.05) is 18.6 Å². The summed E-state index contributed by atoms with van der Waals surface area (Å²) in [5.74, 6) is 0. The maximum atomic E-state index is 10.6. The first kappa shape index (κ1) is 12.7. The van der Waals surface area contributed by atoms with E-state index < -0.39 is 0 Å². The van der Waals surface area contributed by atoms with Crippen molar-refractivity contribution in [1.82, 2.24) is 0 Å². The fourth-order valence-electron chi connectivity index (χ4n) is 1.56. The standard InChI is InChI=1S/C13H19NO2/c1-10-7-11(8-15)5-6-12(10)14(4)13(2,3)9-16/h5-8,16H,9H2,1-4H3. The molecule has 0 amide bonds. The molecule has 16 heavy (non-hydrogen) atoms. The molecule has 0 bridgehead atoms. The minimum atomic E-state index is -0.312. The molecular weight excluding hydrogens is 202 g/mol. The summed E-state index contributed by atoms with van der Waals surface area (Å²) in [5, 5.41) is 9.32. The number of benzene rings is 1. The number of carbonyl (C=O) groups excluding carboxylic acids is 1. The zero-order valence-corrected chi connectivity index (χ0v) is 10.3. The molecule has 0 aliphatic carbocycles. The minimum Gasteiger partial charge on any atom is -0.394 e. The SMILES string of the molecule is Cc1cc(C=O)ccc1N(C)C(C)(C)CO. The summed E-state index contributed by atoms with van der Waals surface area (Å²) < 4.78 is 0. The number of aryl methyl sites for hydroxylation is 1. The quantitative estimate of drug-likeness (QED) is 0.791. The van der Waals surface area contributed by atoms with Crippen LogP contribution in [0.2, 0.25) is 0 Å². The molecule has 0 spiro atoms. The first-order valence-electron chi connectivity index (χ1n) is 5.33. The van der Waals surface area contributed by atoms with Gasteiger partial charge < -0.3 is 10.0 Å². The number of carbonyl (C=O) groups is 1. The van der Waals surface area contributed by atoms with Gasteiger partial charge in [0.1, 0.15) is 6.29 Å². The summed E-state index contributed by atoms with van der Waals surface area (Å²) >= 11 is 0. The van der Waals surface area contributed by atoms with Gasteiger partial charge in [-0.25, -0.2) is 0 Å². The summed E-state index contributed by atoms with van der Waals surface area (Å²) in [5.41, 5.74) is 2.43. The van der Waals surface area contributed by atoms with E-state index in [0.29, 0.717) is 5.56 Å². The van der Waals surface area contributed by atoms with Crippen LogP contribution in [-0.4, -0.2) is 30.6 Å². The van der Waals surface area contributed by atoms with Gasteiger partial charge in [0, 0.05) is 18.3 Å². The summed E-state index contributed by atoms with van der Waals surface area (Å²) in [7, 11) is 1.94. The fraction of sp³-hybridized carbons (Fsp3) is 0.462. The van der Waals surface area contributed by atoms with Crippen LogP contribution in [0.3, 0.4) is 0 Å². The number of aldehydes is 1. The van der Waals surface area contributed by atoms with Crippen molar-refractivity contribution >= 4 is 12.0 Å². The van der Waals surface area contributed by atoms with Crippen LogP contribution in [0.15, 0.2) is 18.2 Å². The Morgan fingerprint density at radius 2 is 2.06 bits per heavy atom. The lowest BCUT2D eigenvalue weighted by Crippen LogP contribution is -2.44. The van der Waals surface area contributed by atoms with E-state index >= 15 is 0 Å². The molecule has 1 rings (SSSR count). The minimum absolute atomic E-state index is 0.0817. The second-order valence-corrected chi connectivity index (χ2v) is 4.69. The van der Waals surface area contributed by atoms with Crippen molar-refractivity contribution in [2.45, 2.75) is 26.3 Å². The van der Waals surface area contributed by atoms with Crippen LogP contribution in [0, 0.1) is 6.92 Å². The van der Waals surface area contributed by atoms with Crippen LogP contribution >= 0.6 is 0 Å². The molecular formula is C13H19NO2. The molecule has 1 aromatic carbocycles. The molecule has 0 fully saturated rings. The second-order valence-electron chi connectivity index (χ2n) is 4.69. The van der Waals surface area contributed by atoms with Gasteiger partial charge in [-0.3, -0.25) is 4.79 Å². The number of nitrogens with zero attached hydrogens (tertiary/aromatic N) is 1. The predicted molar refractivity (Wildman–Crippen MR) is 66.1 cm³/mol. The van der Waals surface area contributed by atoms with E-state index in [9.17, 15) is 9.90 Å². The fourth-order valence-corrected chi connectivity index (χ4v) is 1.56. The molecule has 88 valence electrons. The van der Waals surface area contributed by atoms with Crippen LogP contribution in [0.1, 0.15) is 29.8 Å². The Labute approximate surface area is 96.7 Å². The summed E-state index contributed by atoms with van der Waals surface area (Å²) in [6, 6.07) is 5.56. The number of anilines is 1. The Balaban J connectivity index is 3.09. The molecule has 0 saturated heterocycles. The first-order chi connectivity index (χ1) is 7.42. The topological polar surface area (TPSA) is 40.5 Å². The highest BCUT2D eigenvalue weighted by molar-refractivity contribution is 5.77. The third-order valence-electron chi connectivity index (χ3n) is 3.01. The van der Waals surface area contributed by atoms with Crippen molar-refractivity contribution < 1.29 is 9.90 Å². The number of hydrogen-bond donors (Lipinski definition) is 1. The Hall–Kier alpha value is -1.35. The van der Waals surface area contributed by atoms with Crippen molar-refractivity contribution in [2.24, 2.45) is 0 Å². The van der Waals surface area contributed by atoms with Gasteiger partial charge in [0.2, 0.25) is 0 Å². The number of hydrogen-bond acceptors (Lipinski definition) is 3. The van der Waals surface area contributed by atoms with E-state index in [0.717, 1.165) is 17.5 Å². The normalized spacial score (nSPS) is 11.3. The number of rotatable bonds is 4. The van der Waals surface area contributed by atoms with E-state index in [2.05, 4.69) is 0 Å². The molecule has 0 atom stereocenters. The second kappa shape index (κ2) is 4.66. The lowest BCUT2D eigenvalue weighted by atomic mass is 10.0. The van der Waals surface area contributed by atoms with Crippen molar-refractivity contribution in [3.05, 3.63) is 29.3 Å². The monoisotopic (exact) mass is 221 g/mol. The highest BCUT2D eigenvalue weighted by Crippen LogP contribution is 2.25. The molecule has 0 aromatic heterocycles. The molecule has 1 N–H and O–H groups in total. The van der Waals surface area contributed by atoms with Crippen molar-refractivity contribution in [1.29, 1.82) is 0 Å². The van der Waals surface area contributed by atoms with Gasteiger partial charge in [0.25, 0.3) is 0 Å². The maximum Gasteiger partial charge on any atom is 0.150 e. The van der Waals surface area contributed by atoms with Crippen LogP contribution < -0.4 is 4.90 Å². The Bertz CT molecular complexity index is 386. The Kier molecular flexibility index (Phi) is 3.70. The summed E-state index contributed by atoms with van der Waals surface area (Å²) in [6.07, 6.45) is 0.841. The molecule has 3 nitrogen and oxygen atoms in total. The third-order valence-corrected chi connectivity index (χ3v) is 3.01. The van der Waals surface area contributed by atoms with Gasteiger partial charge in [-0.15, -0.1) is 0 Å². The molecule has 3 heteroatoms. The van der Waals surface area contributed by atoms with E-state index in [4.69, 9.17) is 0 Å². The molecule has 0 aliphatic rings. The Morgan fingerprint density at radius 1 is 1.44 bits per heavy atom. The average Bonchev–Trinajstić information content (AvgIpc) is 2.28. The number of likely N-dealkylation sites (N-methyl/N-ethyl adjacent to an activating group) is 1. The van der Waals surface area contributed by atoms with Gasteiger partial charge in [-0.05, 0) is 44.5 Å². The van der Waals surface area contributed by atoms with Crippen molar-refractivity contribution in [3.63, 3.8) is 0 Å². The molecule has 1 aromatic rings. The molecule has 0 heterocycles. The van der Waals surface area contributed by atoms with Crippen LogP contribution in [0.4, 0.5) is 5.69 Å². The predicted octanol–water partition coefficient (Wildman–Crippen LogP) is 2.01. The highest BCUT2D eigenvalue weighted by Gasteiger charge is 2.23. The lowest BCUT2D eigenvalue weighted by molar-refractivity contribution is 0.112. The highest BCUT2D eigenvalue weighted by atomic mass is 16.3. The van der Waals surface area contributed by atoms with Gasteiger partial charge in [0.15, 0.2) is 0 Å². The summed E-state index contributed by atoms with van der Waals surface area (Å²) in [6.45, 7) is 5.99. The van der Waals surface area contributed by atoms with Gasteiger partial charge >= 0.3 is 0 Å². The van der Waals surface area contributed by atoms with Crippen LogP contribution in [-0.2, 0) is 0 Å². The first-order valence-corrected chi connectivity index (χ1v) is 5.33. The van der Waals surface area contributed by atoms with E-state index in [1.807, 2.05) is 44.9 Å². The lowest BCUT2D eigenvalue weighted by Gasteiger charge is -2.36. The molecule has 0 unspecified atom stereocenters. The average molecular weight is 221 g/mol. The molecule has 0 radical (unpaired) electrons. The molecule has 0 saturated carbocycles. The van der Waals surface area contributed by atoms with Crippen molar-refractivity contribution in [3.8, 4) is 0 Å². The van der Waals surface area contributed by atoms with E-state index in [1.54, 1.807) is 6.07 Å². The van der Waals surface area contributed by atoms with Crippen LogP contribution in [0.25, 0.3) is 0 Å². The zero-order valence-electron chi connectivity index (χ0n) is 10.3. The maximum absolute atomic E-state index is 10.6. The van der Waals surface area contributed by atoms with E-state index in [1.165, 1.54) is 0 Å². The smallest absolute Gasteiger partial charge is 0.150 e. The van der Waals surface area contributed by atoms with E-state index in [-0.39, 0.29) is 12.1 Å². The Morgan fingerprint density at radius 3 is 2.50 bits per heavy atom. The third kappa shape index (κ3) is 2.42.